The van der Waals surface area contributed by atoms with Crippen LogP contribution in [-0.4, -0.2) is 57.4 Å². The molecule has 1 N–H and O–H groups in total. The number of benzene rings is 1. The third-order valence-corrected chi connectivity index (χ3v) is 4.53. The maximum Gasteiger partial charge on any atom is 0.253 e. The Morgan fingerprint density at radius 2 is 2.13 bits per heavy atom. The Morgan fingerprint density at radius 1 is 1.30 bits per heavy atom. The van der Waals surface area contributed by atoms with Gasteiger partial charge >= 0.3 is 0 Å². The van der Waals surface area contributed by atoms with Gasteiger partial charge in [0.2, 0.25) is 0 Å². The molecule has 6 nitrogen and oxygen atoms in total. The van der Waals surface area contributed by atoms with Crippen LogP contribution in [0, 0.1) is 0 Å². The molecule has 2 atom stereocenters. The molecule has 6 heteroatoms. The number of morpholine rings is 1. The SMILES string of the molecule is COc1ccc([C@H]2CCCN2C(=O)[C@@H]2CNCCO2)cc1OC. The lowest BCUT2D eigenvalue weighted by Crippen LogP contribution is -2.49. The molecule has 0 radical (unpaired) electrons. The third-order valence-electron chi connectivity index (χ3n) is 4.53. The Hall–Kier alpha value is -1.79. The third kappa shape index (κ3) is 3.28. The van der Waals surface area contributed by atoms with Crippen molar-refractivity contribution in [2.75, 3.05) is 40.5 Å². The summed E-state index contributed by atoms with van der Waals surface area (Å²) in [7, 11) is 3.25. The summed E-state index contributed by atoms with van der Waals surface area (Å²) in [4.78, 5) is 14.7. The average molecular weight is 320 g/mol. The number of amides is 1. The topological polar surface area (TPSA) is 60.0 Å². The summed E-state index contributed by atoms with van der Waals surface area (Å²) in [6.45, 7) is 2.76. The second kappa shape index (κ2) is 7.19. The highest BCUT2D eigenvalue weighted by atomic mass is 16.5. The van der Waals surface area contributed by atoms with E-state index in [-0.39, 0.29) is 18.1 Å². The van der Waals surface area contributed by atoms with Gasteiger partial charge in [0.05, 0.1) is 26.9 Å². The second-order valence-corrected chi connectivity index (χ2v) is 5.87. The molecule has 2 saturated heterocycles. The lowest BCUT2D eigenvalue weighted by Gasteiger charge is -2.31. The van der Waals surface area contributed by atoms with Crippen LogP contribution in [0.15, 0.2) is 18.2 Å². The average Bonchev–Trinajstić information content (AvgIpc) is 3.10. The van der Waals surface area contributed by atoms with Gasteiger partial charge in [-0.1, -0.05) is 6.07 Å². The molecule has 1 aromatic carbocycles. The summed E-state index contributed by atoms with van der Waals surface area (Å²) in [5, 5.41) is 3.22. The van der Waals surface area contributed by atoms with Crippen molar-refractivity contribution >= 4 is 5.91 Å². The van der Waals surface area contributed by atoms with Gasteiger partial charge in [-0.05, 0) is 30.5 Å². The van der Waals surface area contributed by atoms with Crippen molar-refractivity contribution in [3.05, 3.63) is 23.8 Å². The van der Waals surface area contributed by atoms with Gasteiger partial charge in [0.25, 0.3) is 5.91 Å². The molecule has 0 aliphatic carbocycles. The van der Waals surface area contributed by atoms with Crippen LogP contribution < -0.4 is 14.8 Å². The molecule has 0 saturated carbocycles. The molecule has 0 spiro atoms. The van der Waals surface area contributed by atoms with Crippen LogP contribution in [0.25, 0.3) is 0 Å². The zero-order chi connectivity index (χ0) is 16.2. The smallest absolute Gasteiger partial charge is 0.253 e. The largest absolute Gasteiger partial charge is 0.493 e. The van der Waals surface area contributed by atoms with Gasteiger partial charge in [0, 0.05) is 19.6 Å². The van der Waals surface area contributed by atoms with Gasteiger partial charge < -0.3 is 24.4 Å². The Balaban J connectivity index is 1.79. The second-order valence-electron chi connectivity index (χ2n) is 5.87. The summed E-state index contributed by atoms with van der Waals surface area (Å²) in [5.74, 6) is 1.47. The van der Waals surface area contributed by atoms with Crippen LogP contribution in [-0.2, 0) is 9.53 Å². The number of rotatable bonds is 4. The molecule has 2 heterocycles. The molecule has 2 fully saturated rings. The van der Waals surface area contributed by atoms with E-state index in [1.165, 1.54) is 0 Å². The van der Waals surface area contributed by atoms with Crippen LogP contribution in [0.3, 0.4) is 0 Å². The number of carbonyl (C=O) groups is 1. The normalized spacial score (nSPS) is 24.5. The Labute approximate surface area is 136 Å². The number of likely N-dealkylation sites (tertiary alicyclic amines) is 1. The van der Waals surface area contributed by atoms with E-state index in [0.717, 1.165) is 31.5 Å². The minimum absolute atomic E-state index is 0.0767. The fourth-order valence-corrected chi connectivity index (χ4v) is 3.35. The van der Waals surface area contributed by atoms with Crippen molar-refractivity contribution in [1.29, 1.82) is 0 Å². The minimum Gasteiger partial charge on any atom is -0.493 e. The molecule has 3 rings (SSSR count). The Morgan fingerprint density at radius 3 is 2.83 bits per heavy atom. The molecular formula is C17H24N2O4. The van der Waals surface area contributed by atoms with Crippen LogP contribution in [0.1, 0.15) is 24.4 Å². The molecule has 1 amide bonds. The number of nitrogens with zero attached hydrogens (tertiary/aromatic N) is 1. The van der Waals surface area contributed by atoms with Crippen molar-refractivity contribution < 1.29 is 19.0 Å². The highest BCUT2D eigenvalue weighted by molar-refractivity contribution is 5.82. The van der Waals surface area contributed by atoms with Gasteiger partial charge in [0.1, 0.15) is 6.10 Å². The van der Waals surface area contributed by atoms with Crippen molar-refractivity contribution in [2.24, 2.45) is 0 Å². The van der Waals surface area contributed by atoms with Crippen molar-refractivity contribution in [3.63, 3.8) is 0 Å². The number of nitrogens with one attached hydrogen (secondary N) is 1. The number of carbonyl (C=O) groups excluding carboxylic acids is 1. The van der Waals surface area contributed by atoms with E-state index in [0.29, 0.717) is 24.7 Å². The Kier molecular flexibility index (Phi) is 5.03. The molecule has 2 aliphatic rings. The van der Waals surface area contributed by atoms with E-state index in [9.17, 15) is 4.79 Å². The molecular weight excluding hydrogens is 296 g/mol. The number of ether oxygens (including phenoxy) is 3. The molecule has 0 unspecified atom stereocenters. The van der Waals surface area contributed by atoms with Gasteiger partial charge in [0.15, 0.2) is 11.5 Å². The molecule has 2 aliphatic heterocycles. The van der Waals surface area contributed by atoms with E-state index in [4.69, 9.17) is 14.2 Å². The molecule has 126 valence electrons. The van der Waals surface area contributed by atoms with E-state index in [2.05, 4.69) is 5.32 Å². The standard InChI is InChI=1S/C17H24N2O4/c1-21-14-6-5-12(10-15(14)22-2)13-4-3-8-19(13)17(20)16-11-18-7-9-23-16/h5-6,10,13,16,18H,3-4,7-9,11H2,1-2H3/t13-,16+/m1/s1. The van der Waals surface area contributed by atoms with Crippen molar-refractivity contribution in [3.8, 4) is 11.5 Å². The first-order valence-corrected chi connectivity index (χ1v) is 8.09. The predicted molar refractivity (Wildman–Crippen MR) is 85.8 cm³/mol. The first kappa shape index (κ1) is 16.1. The fraction of sp³-hybridized carbons (Fsp3) is 0.588. The summed E-state index contributed by atoms with van der Waals surface area (Å²) in [6, 6.07) is 5.95. The fourth-order valence-electron chi connectivity index (χ4n) is 3.35. The zero-order valence-corrected chi connectivity index (χ0v) is 13.7. The maximum atomic E-state index is 12.8. The van der Waals surface area contributed by atoms with Crippen molar-refractivity contribution in [2.45, 2.75) is 25.0 Å². The minimum atomic E-state index is -0.371. The van der Waals surface area contributed by atoms with E-state index >= 15 is 0 Å². The summed E-state index contributed by atoms with van der Waals surface area (Å²) in [6.07, 6.45) is 1.59. The maximum absolute atomic E-state index is 12.8. The van der Waals surface area contributed by atoms with Crippen LogP contribution in [0.5, 0.6) is 11.5 Å². The van der Waals surface area contributed by atoms with Gasteiger partial charge in [-0.25, -0.2) is 0 Å². The number of hydrogen-bond acceptors (Lipinski definition) is 5. The van der Waals surface area contributed by atoms with E-state index in [1.54, 1.807) is 14.2 Å². The van der Waals surface area contributed by atoms with Crippen LogP contribution in [0.4, 0.5) is 0 Å². The molecule has 0 aromatic heterocycles. The first-order valence-electron chi connectivity index (χ1n) is 8.09. The Bertz CT molecular complexity index is 558. The number of hydrogen-bond donors (Lipinski definition) is 1. The highest BCUT2D eigenvalue weighted by Crippen LogP contribution is 2.37. The van der Waals surface area contributed by atoms with Gasteiger partial charge in [-0.2, -0.15) is 0 Å². The number of methoxy groups -OCH3 is 2. The summed E-state index contributed by atoms with van der Waals surface area (Å²) < 4.78 is 16.3. The monoisotopic (exact) mass is 320 g/mol. The van der Waals surface area contributed by atoms with E-state index in [1.807, 2.05) is 23.1 Å². The highest BCUT2D eigenvalue weighted by Gasteiger charge is 2.35. The quantitative estimate of drug-likeness (QED) is 0.907. The zero-order valence-electron chi connectivity index (χ0n) is 13.7. The van der Waals surface area contributed by atoms with Crippen LogP contribution >= 0.6 is 0 Å². The molecule has 23 heavy (non-hydrogen) atoms. The predicted octanol–water partition coefficient (Wildman–Crippen LogP) is 1.36. The molecule has 0 bridgehead atoms. The first-order chi connectivity index (χ1) is 11.2. The lowest BCUT2D eigenvalue weighted by atomic mass is 10.0. The summed E-state index contributed by atoms with van der Waals surface area (Å²) in [5.41, 5.74) is 1.08. The van der Waals surface area contributed by atoms with Crippen LogP contribution in [0.2, 0.25) is 0 Å². The van der Waals surface area contributed by atoms with Crippen molar-refractivity contribution in [1.82, 2.24) is 10.2 Å². The van der Waals surface area contributed by atoms with Gasteiger partial charge in [-0.15, -0.1) is 0 Å². The molecule has 1 aromatic rings. The van der Waals surface area contributed by atoms with Gasteiger partial charge in [-0.3, -0.25) is 4.79 Å². The lowest BCUT2D eigenvalue weighted by molar-refractivity contribution is -0.146. The summed E-state index contributed by atoms with van der Waals surface area (Å²) >= 11 is 0. The van der Waals surface area contributed by atoms with E-state index < -0.39 is 0 Å².